The predicted molar refractivity (Wildman–Crippen MR) is 89.7 cm³/mol. The molecule has 0 unspecified atom stereocenters. The van der Waals surface area contributed by atoms with Gasteiger partial charge in [0.05, 0.1) is 24.4 Å². The van der Waals surface area contributed by atoms with Crippen LogP contribution >= 0.6 is 12.4 Å². The van der Waals surface area contributed by atoms with Gasteiger partial charge in [-0.15, -0.1) is 12.4 Å². The van der Waals surface area contributed by atoms with E-state index in [1.807, 2.05) is 6.07 Å². The lowest BCUT2D eigenvalue weighted by atomic mass is 10.2. The maximum Gasteiger partial charge on any atom is 0.239 e. The summed E-state index contributed by atoms with van der Waals surface area (Å²) in [7, 11) is -3.29. The fourth-order valence-corrected chi connectivity index (χ4v) is 4.68. The van der Waals surface area contributed by atoms with Crippen LogP contribution in [0.25, 0.3) is 0 Å². The highest BCUT2D eigenvalue weighted by atomic mass is 35.5. The van der Waals surface area contributed by atoms with Crippen molar-refractivity contribution in [3.05, 3.63) is 0 Å². The number of carbonyl (C=O) groups excluding carboxylic acids is 1. The van der Waals surface area contributed by atoms with Gasteiger partial charge >= 0.3 is 0 Å². The average Bonchev–Trinajstić information content (AvgIpc) is 3.10. The standard InChI is InChI=1S/C14H23FN4O3S.ClH/c1-10(2)23(21,22)14-4-3-5-19(14)17-8-13(20)18-9-11(15)6-12(18)7-16;/h10-12,14,17H,3-6,8-9H2,1-2H3;1H/t11-,12-,14+;/m0./s1. The van der Waals surface area contributed by atoms with Gasteiger partial charge in [0.25, 0.3) is 0 Å². The normalized spacial score (nSPS) is 28.0. The molecule has 24 heavy (non-hydrogen) atoms. The number of sulfone groups is 1. The van der Waals surface area contributed by atoms with Gasteiger partial charge in [-0.05, 0) is 26.7 Å². The highest BCUT2D eigenvalue weighted by molar-refractivity contribution is 7.92. The minimum Gasteiger partial charge on any atom is -0.322 e. The molecule has 2 fully saturated rings. The molecule has 0 aromatic carbocycles. The maximum absolute atomic E-state index is 13.4. The zero-order valence-corrected chi connectivity index (χ0v) is 15.4. The van der Waals surface area contributed by atoms with Gasteiger partial charge in [0.2, 0.25) is 5.91 Å². The van der Waals surface area contributed by atoms with Crippen LogP contribution in [0.5, 0.6) is 0 Å². The smallest absolute Gasteiger partial charge is 0.239 e. The number of rotatable bonds is 5. The molecule has 0 spiro atoms. The first-order valence-corrected chi connectivity index (χ1v) is 9.44. The van der Waals surface area contributed by atoms with Crippen LogP contribution in [-0.4, -0.2) is 66.7 Å². The van der Waals surface area contributed by atoms with Gasteiger partial charge in [0.15, 0.2) is 9.84 Å². The van der Waals surface area contributed by atoms with Crippen molar-refractivity contribution in [1.29, 1.82) is 5.26 Å². The molecule has 0 aromatic rings. The van der Waals surface area contributed by atoms with Gasteiger partial charge in [-0.25, -0.2) is 23.2 Å². The number of amides is 1. The lowest BCUT2D eigenvalue weighted by Crippen LogP contribution is -2.51. The summed E-state index contributed by atoms with van der Waals surface area (Å²) in [5.41, 5.74) is 2.86. The van der Waals surface area contributed by atoms with Crippen LogP contribution in [0.3, 0.4) is 0 Å². The maximum atomic E-state index is 13.4. The summed E-state index contributed by atoms with van der Waals surface area (Å²) in [5.74, 6) is -0.385. The molecule has 0 aromatic heterocycles. The number of halogens is 2. The fraction of sp³-hybridized carbons (Fsp3) is 0.857. The van der Waals surface area contributed by atoms with E-state index in [2.05, 4.69) is 5.43 Å². The SMILES string of the molecule is CC(C)S(=O)(=O)[C@@H]1CCCN1NCC(=O)N1C[C@@H](F)C[C@H]1C#N.Cl. The average molecular weight is 383 g/mol. The number of nitrogens with one attached hydrogen (secondary N) is 1. The number of carbonyl (C=O) groups is 1. The molecule has 1 amide bonds. The van der Waals surface area contributed by atoms with Crippen LogP contribution in [0, 0.1) is 11.3 Å². The molecular weight excluding hydrogens is 359 g/mol. The highest BCUT2D eigenvalue weighted by Gasteiger charge is 2.39. The van der Waals surface area contributed by atoms with Gasteiger partial charge in [-0.2, -0.15) is 5.26 Å². The van der Waals surface area contributed by atoms with E-state index in [1.54, 1.807) is 18.9 Å². The molecule has 2 aliphatic rings. The van der Waals surface area contributed by atoms with E-state index in [0.717, 1.165) is 6.42 Å². The second kappa shape index (κ2) is 8.43. The molecule has 2 rings (SSSR count). The van der Waals surface area contributed by atoms with Crippen molar-refractivity contribution in [2.45, 2.75) is 55.9 Å². The monoisotopic (exact) mass is 382 g/mol. The van der Waals surface area contributed by atoms with Crippen LogP contribution in [-0.2, 0) is 14.6 Å². The Balaban J connectivity index is 0.00000288. The van der Waals surface area contributed by atoms with Crippen LogP contribution in [0.15, 0.2) is 0 Å². The van der Waals surface area contributed by atoms with E-state index < -0.39 is 32.7 Å². The summed E-state index contributed by atoms with van der Waals surface area (Å²) >= 11 is 0. The van der Waals surface area contributed by atoms with Gasteiger partial charge < -0.3 is 4.90 Å². The Hall–Kier alpha value is -0.950. The number of hydrazine groups is 1. The third-order valence-electron chi connectivity index (χ3n) is 4.39. The Bertz CT molecular complexity index is 595. The van der Waals surface area contributed by atoms with E-state index >= 15 is 0 Å². The second-order valence-electron chi connectivity index (χ2n) is 6.29. The van der Waals surface area contributed by atoms with Crippen molar-refractivity contribution >= 4 is 28.2 Å². The van der Waals surface area contributed by atoms with E-state index in [-0.39, 0.29) is 37.8 Å². The van der Waals surface area contributed by atoms with Crippen molar-refractivity contribution in [2.24, 2.45) is 0 Å². The number of hydrogen-bond acceptors (Lipinski definition) is 6. The fourth-order valence-electron chi connectivity index (χ4n) is 3.03. The van der Waals surface area contributed by atoms with Crippen molar-refractivity contribution in [2.75, 3.05) is 19.6 Å². The zero-order valence-electron chi connectivity index (χ0n) is 13.8. The van der Waals surface area contributed by atoms with Gasteiger partial charge in [-0.3, -0.25) is 4.79 Å². The van der Waals surface area contributed by atoms with Crippen LogP contribution < -0.4 is 5.43 Å². The lowest BCUT2D eigenvalue weighted by Gasteiger charge is -2.27. The number of nitrogens with zero attached hydrogens (tertiary/aromatic N) is 3. The molecular formula is C14H24ClFN4O3S. The topological polar surface area (TPSA) is 93.5 Å². The first kappa shape index (κ1) is 21.1. The van der Waals surface area contributed by atoms with Crippen molar-refractivity contribution in [3.8, 4) is 6.07 Å². The third-order valence-corrected chi connectivity index (χ3v) is 6.95. The summed E-state index contributed by atoms with van der Waals surface area (Å²) in [6, 6.07) is 1.19. The minimum absolute atomic E-state index is 0. The number of likely N-dealkylation sites (tertiary alicyclic amines) is 1. The zero-order chi connectivity index (χ0) is 17.2. The molecule has 0 saturated carbocycles. The Labute approximate surface area is 148 Å². The first-order valence-electron chi connectivity index (χ1n) is 7.83. The van der Waals surface area contributed by atoms with Gasteiger partial charge in [0, 0.05) is 13.0 Å². The first-order chi connectivity index (χ1) is 10.8. The highest BCUT2D eigenvalue weighted by Crippen LogP contribution is 2.24. The summed E-state index contributed by atoms with van der Waals surface area (Å²) in [6.07, 6.45) is 0.119. The van der Waals surface area contributed by atoms with Crippen molar-refractivity contribution in [1.82, 2.24) is 15.3 Å². The predicted octanol–water partition coefficient (Wildman–Crippen LogP) is 0.620. The van der Waals surface area contributed by atoms with Crippen LogP contribution in [0.4, 0.5) is 4.39 Å². The van der Waals surface area contributed by atoms with E-state index in [4.69, 9.17) is 5.26 Å². The van der Waals surface area contributed by atoms with E-state index in [0.29, 0.717) is 13.0 Å². The molecule has 2 aliphatic heterocycles. The summed E-state index contributed by atoms with van der Waals surface area (Å²) in [6.45, 7) is 3.61. The Morgan fingerprint density at radius 1 is 1.46 bits per heavy atom. The number of alkyl halides is 1. The minimum atomic E-state index is -3.29. The molecule has 2 saturated heterocycles. The third kappa shape index (κ3) is 4.36. The Morgan fingerprint density at radius 2 is 2.12 bits per heavy atom. The van der Waals surface area contributed by atoms with Crippen molar-refractivity contribution < 1.29 is 17.6 Å². The molecule has 0 radical (unpaired) electrons. The number of nitriles is 1. The second-order valence-corrected chi connectivity index (χ2v) is 8.95. The molecule has 3 atom stereocenters. The molecule has 2 heterocycles. The molecule has 1 N–H and O–H groups in total. The summed E-state index contributed by atoms with van der Waals surface area (Å²) in [4.78, 5) is 13.4. The molecule has 0 bridgehead atoms. The summed E-state index contributed by atoms with van der Waals surface area (Å²) in [5, 5.41) is 9.42. The van der Waals surface area contributed by atoms with Gasteiger partial charge in [0.1, 0.15) is 17.6 Å². The largest absolute Gasteiger partial charge is 0.322 e. The molecule has 138 valence electrons. The van der Waals surface area contributed by atoms with E-state index in [1.165, 1.54) is 4.90 Å². The Morgan fingerprint density at radius 3 is 2.71 bits per heavy atom. The molecule has 0 aliphatic carbocycles. The Kier molecular flexibility index (Phi) is 7.41. The van der Waals surface area contributed by atoms with E-state index in [9.17, 15) is 17.6 Å². The van der Waals surface area contributed by atoms with Gasteiger partial charge in [-0.1, -0.05) is 0 Å². The molecule has 10 heteroatoms. The number of hydrogen-bond donors (Lipinski definition) is 1. The molecule has 7 nitrogen and oxygen atoms in total. The van der Waals surface area contributed by atoms with Crippen molar-refractivity contribution in [3.63, 3.8) is 0 Å². The summed E-state index contributed by atoms with van der Waals surface area (Å²) < 4.78 is 38.0. The quantitative estimate of drug-likeness (QED) is 0.749. The lowest BCUT2D eigenvalue weighted by molar-refractivity contribution is -0.131. The van der Waals surface area contributed by atoms with Crippen LogP contribution in [0.2, 0.25) is 0 Å². The van der Waals surface area contributed by atoms with Crippen LogP contribution in [0.1, 0.15) is 33.1 Å².